The molecule has 2 aromatic rings. The second-order valence-electron chi connectivity index (χ2n) is 6.88. The number of nitrogens with one attached hydrogen (secondary N) is 1. The summed E-state index contributed by atoms with van der Waals surface area (Å²) in [5.74, 6) is -1.77. The van der Waals surface area contributed by atoms with Crippen LogP contribution in [0.3, 0.4) is 0 Å². The number of hydrogen-bond acceptors (Lipinski definition) is 6. The highest BCUT2D eigenvalue weighted by Gasteiger charge is 2.24. The van der Waals surface area contributed by atoms with E-state index >= 15 is 0 Å². The number of nitro benzene ring substituents is 1. The van der Waals surface area contributed by atoms with E-state index in [9.17, 15) is 24.1 Å². The molecule has 8 nitrogen and oxygen atoms in total. The highest BCUT2D eigenvalue weighted by atomic mass is 35.5. The number of esters is 1. The lowest BCUT2D eigenvalue weighted by atomic mass is 10.1. The number of nitrogens with zero attached hydrogens (tertiary/aromatic N) is 2. The number of nitro groups is 1. The Balaban J connectivity index is 2.38. The molecule has 1 amide bonds. The first-order valence-electron chi connectivity index (χ1n) is 10.2. The Kier molecular flexibility index (Phi) is 9.39. The van der Waals surface area contributed by atoms with Crippen LogP contribution in [0.15, 0.2) is 36.4 Å². The first kappa shape index (κ1) is 25.1. The SMILES string of the molecule is CCCCNc1ccc(C(=O)N(CCC(=O)OCC)c2ccc(F)c(Cl)c2)cc1[N+](=O)[O-]. The van der Waals surface area contributed by atoms with Gasteiger partial charge in [-0.05, 0) is 43.7 Å². The molecule has 0 aliphatic carbocycles. The summed E-state index contributed by atoms with van der Waals surface area (Å²) in [7, 11) is 0. The van der Waals surface area contributed by atoms with Gasteiger partial charge in [-0.25, -0.2) is 4.39 Å². The van der Waals surface area contributed by atoms with Gasteiger partial charge in [-0.1, -0.05) is 24.9 Å². The molecule has 0 atom stereocenters. The van der Waals surface area contributed by atoms with Gasteiger partial charge in [0, 0.05) is 30.4 Å². The van der Waals surface area contributed by atoms with Gasteiger partial charge in [0.2, 0.25) is 0 Å². The molecular weight excluding hydrogens is 441 g/mol. The van der Waals surface area contributed by atoms with Crippen molar-refractivity contribution in [3.63, 3.8) is 0 Å². The van der Waals surface area contributed by atoms with Crippen LogP contribution < -0.4 is 10.2 Å². The molecule has 2 rings (SSSR count). The second kappa shape index (κ2) is 12.0. The minimum atomic E-state index is -0.661. The normalized spacial score (nSPS) is 10.5. The van der Waals surface area contributed by atoms with Crippen LogP contribution in [-0.2, 0) is 9.53 Å². The Hall–Kier alpha value is -3.20. The average molecular weight is 466 g/mol. The van der Waals surface area contributed by atoms with Crippen molar-refractivity contribution >= 4 is 40.5 Å². The number of carbonyl (C=O) groups excluding carboxylic acids is 2. The van der Waals surface area contributed by atoms with E-state index < -0.39 is 22.6 Å². The number of amides is 1. The largest absolute Gasteiger partial charge is 0.466 e. The molecule has 0 aromatic heterocycles. The summed E-state index contributed by atoms with van der Waals surface area (Å²) in [5.41, 5.74) is 0.359. The van der Waals surface area contributed by atoms with Crippen molar-refractivity contribution in [3.8, 4) is 0 Å². The van der Waals surface area contributed by atoms with E-state index in [0.717, 1.165) is 18.9 Å². The van der Waals surface area contributed by atoms with Crippen LogP contribution in [0.5, 0.6) is 0 Å². The fraction of sp³-hybridized carbons (Fsp3) is 0.364. The molecule has 32 heavy (non-hydrogen) atoms. The molecular formula is C22H25ClFN3O5. The van der Waals surface area contributed by atoms with Gasteiger partial charge in [-0.3, -0.25) is 19.7 Å². The van der Waals surface area contributed by atoms with Gasteiger partial charge >= 0.3 is 5.97 Å². The molecule has 0 spiro atoms. The van der Waals surface area contributed by atoms with E-state index in [2.05, 4.69) is 5.32 Å². The topological polar surface area (TPSA) is 102 Å². The highest BCUT2D eigenvalue weighted by molar-refractivity contribution is 6.31. The Morgan fingerprint density at radius 3 is 2.59 bits per heavy atom. The predicted molar refractivity (Wildman–Crippen MR) is 121 cm³/mol. The summed E-state index contributed by atoms with van der Waals surface area (Å²) < 4.78 is 18.5. The molecule has 0 bridgehead atoms. The summed E-state index contributed by atoms with van der Waals surface area (Å²) in [6.07, 6.45) is 1.64. The summed E-state index contributed by atoms with van der Waals surface area (Å²) in [6, 6.07) is 7.83. The summed E-state index contributed by atoms with van der Waals surface area (Å²) in [6.45, 7) is 4.34. The number of hydrogen-bond donors (Lipinski definition) is 1. The number of unbranched alkanes of at least 4 members (excludes halogenated alkanes) is 1. The van der Waals surface area contributed by atoms with Crippen LogP contribution >= 0.6 is 11.6 Å². The lowest BCUT2D eigenvalue weighted by molar-refractivity contribution is -0.384. The van der Waals surface area contributed by atoms with Crippen molar-refractivity contribution in [2.75, 3.05) is 29.9 Å². The van der Waals surface area contributed by atoms with Gasteiger partial charge in [0.05, 0.1) is 23.0 Å². The number of benzene rings is 2. The Labute approximate surface area is 190 Å². The van der Waals surface area contributed by atoms with E-state index in [1.807, 2.05) is 6.92 Å². The highest BCUT2D eigenvalue weighted by Crippen LogP contribution is 2.29. The van der Waals surface area contributed by atoms with Crippen LogP contribution in [0.4, 0.5) is 21.5 Å². The Bertz CT molecular complexity index is 986. The van der Waals surface area contributed by atoms with Gasteiger partial charge in [-0.2, -0.15) is 0 Å². The van der Waals surface area contributed by atoms with Crippen LogP contribution in [0.1, 0.15) is 43.5 Å². The van der Waals surface area contributed by atoms with Crippen LogP contribution in [-0.4, -0.2) is 36.5 Å². The first-order chi connectivity index (χ1) is 15.3. The van der Waals surface area contributed by atoms with Crippen LogP contribution in [0.2, 0.25) is 5.02 Å². The Morgan fingerprint density at radius 1 is 1.22 bits per heavy atom. The van der Waals surface area contributed by atoms with Gasteiger partial charge in [-0.15, -0.1) is 0 Å². The predicted octanol–water partition coefficient (Wildman–Crippen LogP) is 5.20. The quantitative estimate of drug-likeness (QED) is 0.212. The van der Waals surface area contributed by atoms with Crippen LogP contribution in [0.25, 0.3) is 0 Å². The van der Waals surface area contributed by atoms with Crippen LogP contribution in [0, 0.1) is 15.9 Å². The fourth-order valence-corrected chi connectivity index (χ4v) is 3.13. The van der Waals surface area contributed by atoms with Gasteiger partial charge in [0.25, 0.3) is 11.6 Å². The second-order valence-corrected chi connectivity index (χ2v) is 7.29. The van der Waals surface area contributed by atoms with E-state index in [1.54, 1.807) is 6.92 Å². The minimum Gasteiger partial charge on any atom is -0.466 e. The molecule has 0 aliphatic heterocycles. The zero-order valence-electron chi connectivity index (χ0n) is 17.9. The molecule has 10 heteroatoms. The van der Waals surface area contributed by atoms with Crippen molar-refractivity contribution in [2.24, 2.45) is 0 Å². The van der Waals surface area contributed by atoms with E-state index in [1.165, 1.54) is 35.2 Å². The maximum absolute atomic E-state index is 13.6. The lowest BCUT2D eigenvalue weighted by Crippen LogP contribution is -2.33. The number of ether oxygens (including phenoxy) is 1. The Morgan fingerprint density at radius 2 is 1.97 bits per heavy atom. The third-order valence-electron chi connectivity index (χ3n) is 4.59. The number of halogens is 2. The molecule has 0 aliphatic rings. The van der Waals surface area contributed by atoms with Gasteiger partial charge in [0.15, 0.2) is 0 Å². The van der Waals surface area contributed by atoms with Crippen molar-refractivity contribution in [1.29, 1.82) is 0 Å². The third-order valence-corrected chi connectivity index (χ3v) is 4.88. The monoisotopic (exact) mass is 465 g/mol. The maximum atomic E-state index is 13.6. The molecule has 0 radical (unpaired) electrons. The standard InChI is InChI=1S/C22H25ClFN3O5/c1-3-5-11-25-19-9-6-15(13-20(19)27(30)31)22(29)26(12-10-21(28)32-4-2)16-7-8-18(24)17(23)14-16/h6-9,13-14,25H,3-5,10-12H2,1-2H3. The minimum absolute atomic E-state index is 0.0436. The van der Waals surface area contributed by atoms with Crippen molar-refractivity contribution in [3.05, 3.63) is 62.9 Å². The zero-order valence-corrected chi connectivity index (χ0v) is 18.7. The molecule has 0 heterocycles. The van der Waals surface area contributed by atoms with Crippen molar-refractivity contribution in [1.82, 2.24) is 0 Å². The van der Waals surface area contributed by atoms with Crippen molar-refractivity contribution < 1.29 is 23.6 Å². The fourth-order valence-electron chi connectivity index (χ4n) is 2.96. The van der Waals surface area contributed by atoms with E-state index in [-0.39, 0.29) is 41.5 Å². The van der Waals surface area contributed by atoms with Crippen molar-refractivity contribution in [2.45, 2.75) is 33.1 Å². The van der Waals surface area contributed by atoms with E-state index in [4.69, 9.17) is 16.3 Å². The van der Waals surface area contributed by atoms with E-state index in [0.29, 0.717) is 12.2 Å². The van der Waals surface area contributed by atoms with Gasteiger partial charge in [0.1, 0.15) is 11.5 Å². The molecule has 2 aromatic carbocycles. The molecule has 0 saturated heterocycles. The lowest BCUT2D eigenvalue weighted by Gasteiger charge is -2.23. The van der Waals surface area contributed by atoms with Gasteiger partial charge < -0.3 is 15.0 Å². The molecule has 1 N–H and O–H groups in total. The maximum Gasteiger partial charge on any atom is 0.307 e. The summed E-state index contributed by atoms with van der Waals surface area (Å²) >= 11 is 5.87. The molecule has 172 valence electrons. The third kappa shape index (κ3) is 6.65. The molecule has 0 saturated carbocycles. The average Bonchev–Trinajstić information content (AvgIpc) is 2.76. The summed E-state index contributed by atoms with van der Waals surface area (Å²) in [5, 5.41) is 14.4. The molecule has 0 unspecified atom stereocenters. The number of carbonyl (C=O) groups is 2. The smallest absolute Gasteiger partial charge is 0.307 e. The number of rotatable bonds is 11. The summed E-state index contributed by atoms with van der Waals surface area (Å²) in [4.78, 5) is 37.3. The number of anilines is 2. The zero-order chi connectivity index (χ0) is 23.7. The molecule has 0 fully saturated rings. The first-order valence-corrected chi connectivity index (χ1v) is 10.6.